The van der Waals surface area contributed by atoms with E-state index >= 15 is 0 Å². The van der Waals surface area contributed by atoms with E-state index in [0.29, 0.717) is 15.8 Å². The van der Waals surface area contributed by atoms with Crippen LogP contribution in [0.15, 0.2) is 71.2 Å². The summed E-state index contributed by atoms with van der Waals surface area (Å²) in [6.45, 7) is 0.0859. The van der Waals surface area contributed by atoms with Crippen LogP contribution in [-0.4, -0.2) is 21.9 Å². The second-order valence-electron chi connectivity index (χ2n) is 6.19. The lowest BCUT2D eigenvalue weighted by molar-refractivity contribution is -0.384. The Labute approximate surface area is 179 Å². The van der Waals surface area contributed by atoms with E-state index < -0.39 is 16.8 Å². The minimum absolute atomic E-state index is 0.0343. The average Bonchev–Trinajstić information content (AvgIpc) is 2.73. The standard InChI is InChI=1S/C21H15BrN2O6/c22-15-7-8-19(18(11-15)21(26)27)23-20(25)14-4-2-6-17(10-14)30-12-13-3-1-5-16(9-13)24(28)29/h1-11H,12H2,(H,23,25)(H,26,27). The summed E-state index contributed by atoms with van der Waals surface area (Å²) >= 11 is 3.20. The molecule has 3 rings (SSSR count). The van der Waals surface area contributed by atoms with Gasteiger partial charge in [-0.25, -0.2) is 4.79 Å². The second-order valence-corrected chi connectivity index (χ2v) is 7.11. The van der Waals surface area contributed by atoms with Crippen LogP contribution in [0.25, 0.3) is 0 Å². The molecule has 0 atom stereocenters. The fourth-order valence-electron chi connectivity index (χ4n) is 2.65. The van der Waals surface area contributed by atoms with E-state index in [-0.39, 0.29) is 29.1 Å². The zero-order chi connectivity index (χ0) is 21.7. The first-order valence-corrected chi connectivity index (χ1v) is 9.43. The summed E-state index contributed by atoms with van der Waals surface area (Å²) in [4.78, 5) is 34.3. The monoisotopic (exact) mass is 470 g/mol. The summed E-state index contributed by atoms with van der Waals surface area (Å²) in [7, 11) is 0. The van der Waals surface area contributed by atoms with Gasteiger partial charge in [-0.05, 0) is 42.0 Å². The number of benzene rings is 3. The van der Waals surface area contributed by atoms with Gasteiger partial charge in [0, 0.05) is 22.2 Å². The van der Waals surface area contributed by atoms with Gasteiger partial charge in [-0.1, -0.05) is 34.1 Å². The summed E-state index contributed by atoms with van der Waals surface area (Å²) in [6, 6.07) is 16.9. The molecule has 0 unspecified atom stereocenters. The van der Waals surface area contributed by atoms with E-state index in [1.807, 2.05) is 0 Å². The number of anilines is 1. The first kappa shape index (κ1) is 21.0. The number of nitro benzene ring substituents is 1. The van der Waals surface area contributed by atoms with E-state index in [1.54, 1.807) is 36.4 Å². The molecule has 8 nitrogen and oxygen atoms in total. The van der Waals surface area contributed by atoms with E-state index in [2.05, 4.69) is 21.2 Å². The van der Waals surface area contributed by atoms with Crippen LogP contribution in [0.2, 0.25) is 0 Å². The molecule has 3 aromatic rings. The highest BCUT2D eigenvalue weighted by Gasteiger charge is 2.15. The normalized spacial score (nSPS) is 10.3. The van der Waals surface area contributed by atoms with Crippen molar-refractivity contribution in [1.29, 1.82) is 0 Å². The Morgan fingerprint density at radius 2 is 1.83 bits per heavy atom. The fraction of sp³-hybridized carbons (Fsp3) is 0.0476. The van der Waals surface area contributed by atoms with Crippen molar-refractivity contribution >= 4 is 39.2 Å². The van der Waals surface area contributed by atoms with Crippen LogP contribution in [0.4, 0.5) is 11.4 Å². The Kier molecular flexibility index (Phi) is 6.43. The van der Waals surface area contributed by atoms with Crippen LogP contribution in [-0.2, 0) is 6.61 Å². The van der Waals surface area contributed by atoms with Crippen molar-refractivity contribution < 1.29 is 24.4 Å². The molecule has 0 aliphatic carbocycles. The van der Waals surface area contributed by atoms with Gasteiger partial charge in [0.05, 0.1) is 16.2 Å². The minimum atomic E-state index is -1.17. The first-order chi connectivity index (χ1) is 14.3. The molecule has 0 bridgehead atoms. The van der Waals surface area contributed by atoms with Crippen LogP contribution < -0.4 is 10.1 Å². The minimum Gasteiger partial charge on any atom is -0.489 e. The molecular formula is C21H15BrN2O6. The molecule has 0 radical (unpaired) electrons. The predicted octanol–water partition coefficient (Wildman–Crippen LogP) is 4.89. The number of amides is 1. The van der Waals surface area contributed by atoms with Crippen LogP contribution >= 0.6 is 15.9 Å². The van der Waals surface area contributed by atoms with Crippen molar-refractivity contribution in [2.24, 2.45) is 0 Å². The van der Waals surface area contributed by atoms with Gasteiger partial charge in [0.2, 0.25) is 0 Å². The third kappa shape index (κ3) is 5.21. The van der Waals surface area contributed by atoms with Gasteiger partial charge < -0.3 is 15.2 Å². The average molecular weight is 471 g/mol. The van der Waals surface area contributed by atoms with Crippen molar-refractivity contribution in [2.75, 3.05) is 5.32 Å². The Balaban J connectivity index is 1.72. The molecule has 0 saturated carbocycles. The molecule has 30 heavy (non-hydrogen) atoms. The maximum Gasteiger partial charge on any atom is 0.337 e. The lowest BCUT2D eigenvalue weighted by atomic mass is 10.1. The van der Waals surface area contributed by atoms with Crippen LogP contribution in [0.5, 0.6) is 5.75 Å². The number of carboxylic acid groups (broad SMARTS) is 1. The van der Waals surface area contributed by atoms with Crippen molar-refractivity contribution in [3.05, 3.63) is 98.0 Å². The molecule has 0 aromatic heterocycles. The largest absolute Gasteiger partial charge is 0.489 e. The fourth-order valence-corrected chi connectivity index (χ4v) is 3.01. The van der Waals surface area contributed by atoms with Crippen molar-refractivity contribution in [2.45, 2.75) is 6.61 Å². The molecule has 0 aliphatic rings. The number of nitrogens with one attached hydrogen (secondary N) is 1. The summed E-state index contributed by atoms with van der Waals surface area (Å²) in [5.74, 6) is -1.27. The van der Waals surface area contributed by atoms with Gasteiger partial charge in [-0.15, -0.1) is 0 Å². The third-order valence-corrected chi connectivity index (χ3v) is 4.58. The Morgan fingerprint density at radius 3 is 2.57 bits per heavy atom. The number of carbonyl (C=O) groups is 2. The third-order valence-electron chi connectivity index (χ3n) is 4.08. The summed E-state index contributed by atoms with van der Waals surface area (Å²) in [5, 5.41) is 22.8. The molecule has 9 heteroatoms. The quantitative estimate of drug-likeness (QED) is 0.374. The molecule has 152 valence electrons. The number of carbonyl (C=O) groups excluding carboxylic acids is 1. The van der Waals surface area contributed by atoms with E-state index in [9.17, 15) is 24.8 Å². The summed E-state index contributed by atoms with van der Waals surface area (Å²) in [6.07, 6.45) is 0. The predicted molar refractivity (Wildman–Crippen MR) is 113 cm³/mol. The van der Waals surface area contributed by atoms with Gasteiger partial charge in [0.25, 0.3) is 11.6 Å². The Bertz CT molecular complexity index is 1130. The zero-order valence-electron chi connectivity index (χ0n) is 15.4. The van der Waals surface area contributed by atoms with Gasteiger partial charge in [-0.2, -0.15) is 0 Å². The van der Waals surface area contributed by atoms with Gasteiger partial charge in [-0.3, -0.25) is 14.9 Å². The van der Waals surface area contributed by atoms with Gasteiger partial charge in [0.1, 0.15) is 12.4 Å². The number of carboxylic acids is 1. The number of non-ortho nitro benzene ring substituents is 1. The molecule has 0 saturated heterocycles. The van der Waals surface area contributed by atoms with Crippen LogP contribution in [0.3, 0.4) is 0 Å². The zero-order valence-corrected chi connectivity index (χ0v) is 17.0. The number of aromatic carboxylic acids is 1. The number of hydrogen-bond donors (Lipinski definition) is 2. The van der Waals surface area contributed by atoms with Crippen LogP contribution in [0.1, 0.15) is 26.3 Å². The van der Waals surface area contributed by atoms with Crippen molar-refractivity contribution in [1.82, 2.24) is 0 Å². The number of hydrogen-bond acceptors (Lipinski definition) is 5. The summed E-state index contributed by atoms with van der Waals surface area (Å²) in [5.41, 5.74) is 0.966. The van der Waals surface area contributed by atoms with Crippen molar-refractivity contribution in [3.63, 3.8) is 0 Å². The number of nitro groups is 1. The molecule has 0 spiro atoms. The molecule has 0 heterocycles. The molecule has 3 aromatic carbocycles. The smallest absolute Gasteiger partial charge is 0.337 e. The molecule has 0 fully saturated rings. The number of halogens is 1. The van der Waals surface area contributed by atoms with Gasteiger partial charge >= 0.3 is 5.97 Å². The highest BCUT2D eigenvalue weighted by atomic mass is 79.9. The van der Waals surface area contributed by atoms with Crippen LogP contribution in [0, 0.1) is 10.1 Å². The lowest BCUT2D eigenvalue weighted by Crippen LogP contribution is -2.15. The Hall–Kier alpha value is -3.72. The summed E-state index contributed by atoms with van der Waals surface area (Å²) < 4.78 is 6.22. The molecular weight excluding hydrogens is 456 g/mol. The highest BCUT2D eigenvalue weighted by Crippen LogP contribution is 2.23. The molecule has 2 N–H and O–H groups in total. The van der Waals surface area contributed by atoms with E-state index in [1.165, 1.54) is 30.3 Å². The van der Waals surface area contributed by atoms with Crippen molar-refractivity contribution in [3.8, 4) is 5.75 Å². The molecule has 1 amide bonds. The van der Waals surface area contributed by atoms with E-state index in [4.69, 9.17) is 4.74 Å². The maximum atomic E-state index is 12.6. The molecule has 0 aliphatic heterocycles. The number of nitrogens with zero attached hydrogens (tertiary/aromatic N) is 1. The van der Waals surface area contributed by atoms with Gasteiger partial charge in [0.15, 0.2) is 0 Å². The second kappa shape index (κ2) is 9.19. The number of rotatable bonds is 7. The van der Waals surface area contributed by atoms with E-state index in [0.717, 1.165) is 0 Å². The Morgan fingerprint density at radius 1 is 1.07 bits per heavy atom. The highest BCUT2D eigenvalue weighted by molar-refractivity contribution is 9.10. The lowest BCUT2D eigenvalue weighted by Gasteiger charge is -2.11. The maximum absolute atomic E-state index is 12.6. The first-order valence-electron chi connectivity index (χ1n) is 8.64. The number of ether oxygens (including phenoxy) is 1. The topological polar surface area (TPSA) is 119 Å². The SMILES string of the molecule is O=C(Nc1ccc(Br)cc1C(=O)O)c1cccc(OCc2cccc([N+](=O)[O-])c2)c1.